The van der Waals surface area contributed by atoms with E-state index < -0.39 is 11.3 Å². The Balaban J connectivity index is 1.86. The summed E-state index contributed by atoms with van der Waals surface area (Å²) in [7, 11) is 0. The van der Waals surface area contributed by atoms with Gasteiger partial charge in [0.1, 0.15) is 11.8 Å². The van der Waals surface area contributed by atoms with Gasteiger partial charge in [-0.15, -0.1) is 0 Å². The number of amides is 1. The molecule has 6 nitrogen and oxygen atoms in total. The summed E-state index contributed by atoms with van der Waals surface area (Å²) in [5, 5.41) is 3.32. The number of benzene rings is 1. The molecule has 2 heterocycles. The Morgan fingerprint density at radius 1 is 1.29 bits per heavy atom. The fourth-order valence-corrected chi connectivity index (χ4v) is 2.27. The number of pyridine rings is 1. The molecule has 0 aliphatic rings. The third-order valence-electron chi connectivity index (χ3n) is 3.40. The molecule has 0 aliphatic carbocycles. The SMILES string of the molecule is O=Cc1cnc2occ(C(=O)NCc3ccc(Cl)cc3)c(=O)c2c1. The molecular weight excluding hydrogens is 332 g/mol. The molecule has 0 bridgehead atoms. The second kappa shape index (κ2) is 6.64. The van der Waals surface area contributed by atoms with Crippen molar-refractivity contribution in [2.75, 3.05) is 0 Å². The molecular formula is C17H11ClN2O4. The van der Waals surface area contributed by atoms with Gasteiger partial charge in [-0.05, 0) is 23.8 Å². The first-order valence-electron chi connectivity index (χ1n) is 6.98. The van der Waals surface area contributed by atoms with E-state index in [1.807, 2.05) is 0 Å². The first-order valence-corrected chi connectivity index (χ1v) is 7.35. The van der Waals surface area contributed by atoms with Crippen LogP contribution in [0.3, 0.4) is 0 Å². The normalized spacial score (nSPS) is 10.5. The minimum Gasteiger partial charge on any atom is -0.445 e. The van der Waals surface area contributed by atoms with Crippen LogP contribution in [0.25, 0.3) is 11.1 Å². The van der Waals surface area contributed by atoms with Gasteiger partial charge in [0, 0.05) is 23.3 Å². The molecule has 24 heavy (non-hydrogen) atoms. The third kappa shape index (κ3) is 3.18. The lowest BCUT2D eigenvalue weighted by Gasteiger charge is -2.05. The fourth-order valence-electron chi connectivity index (χ4n) is 2.14. The van der Waals surface area contributed by atoms with Crippen LogP contribution in [-0.4, -0.2) is 17.2 Å². The molecule has 2 aromatic heterocycles. The number of nitrogens with one attached hydrogen (secondary N) is 1. The number of fused-ring (bicyclic) bond motifs is 1. The topological polar surface area (TPSA) is 89.3 Å². The molecule has 0 radical (unpaired) electrons. The Hall–Kier alpha value is -2.99. The smallest absolute Gasteiger partial charge is 0.258 e. The number of carbonyl (C=O) groups excluding carboxylic acids is 2. The van der Waals surface area contributed by atoms with Gasteiger partial charge in [-0.25, -0.2) is 4.98 Å². The molecule has 1 aromatic carbocycles. The highest BCUT2D eigenvalue weighted by Gasteiger charge is 2.15. The highest BCUT2D eigenvalue weighted by atomic mass is 35.5. The summed E-state index contributed by atoms with van der Waals surface area (Å²) >= 11 is 5.80. The molecule has 0 aliphatic heterocycles. The van der Waals surface area contributed by atoms with Gasteiger partial charge in [0.15, 0.2) is 6.29 Å². The average molecular weight is 343 g/mol. The molecule has 1 N–H and O–H groups in total. The Bertz CT molecular complexity index is 980. The Kier molecular flexibility index (Phi) is 4.39. The van der Waals surface area contributed by atoms with Crippen LogP contribution in [0.2, 0.25) is 5.02 Å². The van der Waals surface area contributed by atoms with Crippen LogP contribution >= 0.6 is 11.6 Å². The van der Waals surface area contributed by atoms with Gasteiger partial charge >= 0.3 is 0 Å². The number of nitrogens with zero attached hydrogens (tertiary/aromatic N) is 1. The van der Waals surface area contributed by atoms with Crippen LogP contribution < -0.4 is 10.7 Å². The van der Waals surface area contributed by atoms with Crippen molar-refractivity contribution in [2.45, 2.75) is 6.54 Å². The molecule has 0 saturated heterocycles. The summed E-state index contributed by atoms with van der Waals surface area (Å²) in [5.74, 6) is -0.572. The molecule has 3 rings (SSSR count). The number of hydrogen-bond donors (Lipinski definition) is 1. The largest absolute Gasteiger partial charge is 0.445 e. The van der Waals surface area contributed by atoms with Gasteiger partial charge in [-0.1, -0.05) is 23.7 Å². The van der Waals surface area contributed by atoms with Crippen molar-refractivity contribution in [3.05, 3.63) is 74.7 Å². The summed E-state index contributed by atoms with van der Waals surface area (Å²) in [4.78, 5) is 39.3. The molecule has 0 atom stereocenters. The van der Waals surface area contributed by atoms with Crippen LogP contribution in [-0.2, 0) is 6.54 Å². The van der Waals surface area contributed by atoms with E-state index in [9.17, 15) is 14.4 Å². The quantitative estimate of drug-likeness (QED) is 0.736. The molecule has 0 fully saturated rings. The van der Waals surface area contributed by atoms with Crippen LogP contribution in [0, 0.1) is 0 Å². The van der Waals surface area contributed by atoms with Gasteiger partial charge in [0.2, 0.25) is 11.1 Å². The third-order valence-corrected chi connectivity index (χ3v) is 3.65. The minimum absolute atomic E-state index is 0.0693. The highest BCUT2D eigenvalue weighted by Crippen LogP contribution is 2.11. The maximum atomic E-state index is 12.4. The van der Waals surface area contributed by atoms with E-state index in [4.69, 9.17) is 16.0 Å². The predicted molar refractivity (Wildman–Crippen MR) is 88.3 cm³/mol. The number of hydrogen-bond acceptors (Lipinski definition) is 5. The molecule has 1 amide bonds. The van der Waals surface area contributed by atoms with E-state index in [0.29, 0.717) is 11.3 Å². The van der Waals surface area contributed by atoms with E-state index in [0.717, 1.165) is 11.8 Å². The summed E-state index contributed by atoms with van der Waals surface area (Å²) in [5.41, 5.74) is 0.443. The first-order chi connectivity index (χ1) is 11.6. The molecule has 0 spiro atoms. The van der Waals surface area contributed by atoms with E-state index >= 15 is 0 Å². The molecule has 120 valence electrons. The van der Waals surface area contributed by atoms with Crippen molar-refractivity contribution >= 4 is 34.9 Å². The van der Waals surface area contributed by atoms with Crippen LogP contribution in [0.1, 0.15) is 26.3 Å². The monoisotopic (exact) mass is 342 g/mol. The number of halogens is 1. The predicted octanol–water partition coefficient (Wildman–Crippen LogP) is 2.58. The van der Waals surface area contributed by atoms with Crippen molar-refractivity contribution in [1.29, 1.82) is 0 Å². The Morgan fingerprint density at radius 2 is 2.04 bits per heavy atom. The maximum absolute atomic E-state index is 12.4. The molecule has 0 unspecified atom stereocenters. The van der Waals surface area contributed by atoms with Crippen molar-refractivity contribution in [2.24, 2.45) is 0 Å². The van der Waals surface area contributed by atoms with Crippen LogP contribution in [0.15, 0.2) is 52.0 Å². The lowest BCUT2D eigenvalue weighted by Crippen LogP contribution is -2.28. The summed E-state index contributed by atoms with van der Waals surface area (Å²) in [6, 6.07) is 8.30. The number of rotatable bonds is 4. The first kappa shape index (κ1) is 15.9. The van der Waals surface area contributed by atoms with E-state index in [-0.39, 0.29) is 28.8 Å². The van der Waals surface area contributed by atoms with Gasteiger partial charge in [-0.3, -0.25) is 14.4 Å². The van der Waals surface area contributed by atoms with Crippen LogP contribution in [0.4, 0.5) is 0 Å². The molecule has 7 heteroatoms. The molecule has 0 saturated carbocycles. The van der Waals surface area contributed by atoms with Gasteiger partial charge in [0.05, 0.1) is 5.39 Å². The van der Waals surface area contributed by atoms with Crippen molar-refractivity contribution in [3.8, 4) is 0 Å². The van der Waals surface area contributed by atoms with Crippen molar-refractivity contribution in [3.63, 3.8) is 0 Å². The van der Waals surface area contributed by atoms with E-state index in [1.54, 1.807) is 24.3 Å². The number of aldehydes is 1. The highest BCUT2D eigenvalue weighted by molar-refractivity contribution is 6.30. The molecule has 3 aromatic rings. The van der Waals surface area contributed by atoms with Crippen molar-refractivity contribution in [1.82, 2.24) is 10.3 Å². The van der Waals surface area contributed by atoms with Crippen molar-refractivity contribution < 1.29 is 14.0 Å². The second-order valence-corrected chi connectivity index (χ2v) is 5.46. The van der Waals surface area contributed by atoms with E-state index in [2.05, 4.69) is 10.3 Å². The average Bonchev–Trinajstić information content (AvgIpc) is 2.61. The second-order valence-electron chi connectivity index (χ2n) is 5.03. The Morgan fingerprint density at radius 3 is 2.75 bits per heavy atom. The number of aromatic nitrogens is 1. The summed E-state index contributed by atoms with van der Waals surface area (Å²) < 4.78 is 5.21. The van der Waals surface area contributed by atoms with Gasteiger partial charge in [0.25, 0.3) is 5.91 Å². The van der Waals surface area contributed by atoms with Crippen LogP contribution in [0.5, 0.6) is 0 Å². The lowest BCUT2D eigenvalue weighted by molar-refractivity contribution is 0.0948. The fraction of sp³-hybridized carbons (Fsp3) is 0.0588. The van der Waals surface area contributed by atoms with Gasteiger partial charge in [-0.2, -0.15) is 0 Å². The minimum atomic E-state index is -0.572. The standard InChI is InChI=1S/C17H11ClN2O4/c18-12-3-1-10(2-4-12)6-19-16(23)14-9-24-17-13(15(14)22)5-11(8-21)7-20-17/h1-5,7-9H,6H2,(H,19,23). The zero-order chi connectivity index (χ0) is 17.1. The zero-order valence-corrected chi connectivity index (χ0v) is 13.0. The Labute approximate surface area is 141 Å². The summed E-state index contributed by atoms with van der Waals surface area (Å²) in [6.07, 6.45) is 2.92. The van der Waals surface area contributed by atoms with E-state index in [1.165, 1.54) is 12.3 Å². The lowest BCUT2D eigenvalue weighted by atomic mass is 10.1. The zero-order valence-electron chi connectivity index (χ0n) is 12.3. The van der Waals surface area contributed by atoms with Gasteiger partial charge < -0.3 is 9.73 Å². The summed E-state index contributed by atoms with van der Waals surface area (Å²) in [6.45, 7) is 0.236. The number of carbonyl (C=O) groups is 2. The maximum Gasteiger partial charge on any atom is 0.258 e.